The van der Waals surface area contributed by atoms with Crippen LogP contribution in [-0.4, -0.2) is 16.8 Å². The number of nitrogens with one attached hydrogen (secondary N) is 1. The topological polar surface area (TPSA) is 55.1 Å². The van der Waals surface area contributed by atoms with Crippen LogP contribution in [0.4, 0.5) is 5.69 Å². The van der Waals surface area contributed by atoms with E-state index in [1.165, 1.54) is 5.56 Å². The predicted molar refractivity (Wildman–Crippen MR) is 96.0 cm³/mol. The standard InChI is InChI=1S/C18H24N2O2S/c1-11(2)15-8-6-7-12(3)18(15)19-17(21)10-23-9-16-13(4)20-22-14(16)5/h6-8,11H,9-10H2,1-5H3,(H,19,21). The second-order valence-electron chi connectivity index (χ2n) is 6.04. The van der Waals surface area contributed by atoms with Gasteiger partial charge >= 0.3 is 0 Å². The van der Waals surface area contributed by atoms with Gasteiger partial charge in [-0.2, -0.15) is 0 Å². The molecule has 1 heterocycles. The summed E-state index contributed by atoms with van der Waals surface area (Å²) in [5.41, 5.74) is 5.21. The molecule has 0 bridgehead atoms. The van der Waals surface area contributed by atoms with Gasteiger partial charge in [0.1, 0.15) is 5.76 Å². The number of hydrogen-bond donors (Lipinski definition) is 1. The van der Waals surface area contributed by atoms with Crippen molar-refractivity contribution in [2.75, 3.05) is 11.1 Å². The third-order valence-electron chi connectivity index (χ3n) is 3.85. The Balaban J connectivity index is 1.96. The van der Waals surface area contributed by atoms with Gasteiger partial charge in [0.2, 0.25) is 5.91 Å². The monoisotopic (exact) mass is 332 g/mol. The number of amides is 1. The number of para-hydroxylation sites is 1. The molecule has 0 atom stereocenters. The molecule has 0 saturated heterocycles. The van der Waals surface area contributed by atoms with Gasteiger partial charge in [0, 0.05) is 17.0 Å². The van der Waals surface area contributed by atoms with E-state index in [0.29, 0.717) is 11.7 Å². The highest BCUT2D eigenvalue weighted by Gasteiger charge is 2.13. The van der Waals surface area contributed by atoms with Crippen molar-refractivity contribution in [3.8, 4) is 0 Å². The molecule has 0 saturated carbocycles. The largest absolute Gasteiger partial charge is 0.361 e. The van der Waals surface area contributed by atoms with Crippen LogP contribution in [0.2, 0.25) is 0 Å². The van der Waals surface area contributed by atoms with Crippen LogP contribution in [0.1, 0.15) is 47.9 Å². The summed E-state index contributed by atoms with van der Waals surface area (Å²) in [5, 5.41) is 7.01. The van der Waals surface area contributed by atoms with Crippen LogP contribution in [0, 0.1) is 20.8 Å². The van der Waals surface area contributed by atoms with Crippen LogP contribution in [0.15, 0.2) is 22.7 Å². The molecule has 5 heteroatoms. The van der Waals surface area contributed by atoms with Gasteiger partial charge in [0.05, 0.1) is 11.4 Å². The summed E-state index contributed by atoms with van der Waals surface area (Å²) < 4.78 is 5.14. The van der Waals surface area contributed by atoms with Gasteiger partial charge in [-0.25, -0.2) is 0 Å². The number of rotatable bonds is 6. The number of aryl methyl sites for hydroxylation is 3. The fraction of sp³-hybridized carbons (Fsp3) is 0.444. The van der Waals surface area contributed by atoms with Gasteiger partial charge in [-0.05, 0) is 37.8 Å². The first kappa shape index (κ1) is 17.6. The van der Waals surface area contributed by atoms with E-state index >= 15 is 0 Å². The summed E-state index contributed by atoms with van der Waals surface area (Å²) in [6, 6.07) is 6.13. The van der Waals surface area contributed by atoms with Crippen molar-refractivity contribution in [2.45, 2.75) is 46.3 Å². The molecular formula is C18H24N2O2S. The normalized spacial score (nSPS) is 11.0. The molecule has 0 radical (unpaired) electrons. The molecule has 1 amide bonds. The van der Waals surface area contributed by atoms with Gasteiger partial charge in [-0.15, -0.1) is 11.8 Å². The minimum absolute atomic E-state index is 0.0259. The molecule has 0 spiro atoms. The van der Waals surface area contributed by atoms with Crippen molar-refractivity contribution >= 4 is 23.4 Å². The highest BCUT2D eigenvalue weighted by Crippen LogP contribution is 2.27. The molecule has 1 N–H and O–H groups in total. The lowest BCUT2D eigenvalue weighted by molar-refractivity contribution is -0.113. The number of anilines is 1. The van der Waals surface area contributed by atoms with Crippen molar-refractivity contribution in [2.24, 2.45) is 0 Å². The lowest BCUT2D eigenvalue weighted by Gasteiger charge is -2.16. The molecule has 2 rings (SSSR count). The number of carbonyl (C=O) groups is 1. The molecule has 0 fully saturated rings. The van der Waals surface area contributed by atoms with Crippen LogP contribution in [0.5, 0.6) is 0 Å². The van der Waals surface area contributed by atoms with Gasteiger partial charge in [0.25, 0.3) is 0 Å². The fourth-order valence-electron chi connectivity index (χ4n) is 2.47. The Morgan fingerprint density at radius 3 is 2.65 bits per heavy atom. The Morgan fingerprint density at radius 2 is 2.04 bits per heavy atom. The summed E-state index contributed by atoms with van der Waals surface area (Å²) in [6.07, 6.45) is 0. The molecule has 124 valence electrons. The van der Waals surface area contributed by atoms with E-state index in [1.807, 2.05) is 32.9 Å². The molecule has 0 aliphatic carbocycles. The van der Waals surface area contributed by atoms with Gasteiger partial charge in [-0.3, -0.25) is 4.79 Å². The summed E-state index contributed by atoms with van der Waals surface area (Å²) in [6.45, 7) is 10.1. The second-order valence-corrected chi connectivity index (χ2v) is 7.02. The van der Waals surface area contributed by atoms with Crippen LogP contribution >= 0.6 is 11.8 Å². The van der Waals surface area contributed by atoms with Crippen molar-refractivity contribution in [1.82, 2.24) is 5.16 Å². The quantitative estimate of drug-likeness (QED) is 0.840. The first-order valence-corrected chi connectivity index (χ1v) is 8.94. The highest BCUT2D eigenvalue weighted by atomic mass is 32.2. The zero-order valence-electron chi connectivity index (χ0n) is 14.4. The Kier molecular flexibility index (Phi) is 5.88. The fourth-order valence-corrected chi connectivity index (χ4v) is 3.45. The number of thioether (sulfide) groups is 1. The third kappa shape index (κ3) is 4.38. The number of aromatic nitrogens is 1. The van der Waals surface area contributed by atoms with Crippen LogP contribution in [0.25, 0.3) is 0 Å². The van der Waals surface area contributed by atoms with E-state index in [4.69, 9.17) is 4.52 Å². The average Bonchev–Trinajstić information content (AvgIpc) is 2.81. The van der Waals surface area contributed by atoms with Crippen LogP contribution in [-0.2, 0) is 10.5 Å². The lowest BCUT2D eigenvalue weighted by atomic mass is 9.98. The first-order chi connectivity index (χ1) is 10.9. The maximum atomic E-state index is 12.3. The molecule has 0 unspecified atom stereocenters. The Labute approximate surface area is 142 Å². The minimum atomic E-state index is 0.0259. The molecule has 1 aromatic carbocycles. The molecule has 4 nitrogen and oxygen atoms in total. The average molecular weight is 332 g/mol. The Morgan fingerprint density at radius 1 is 1.30 bits per heavy atom. The molecule has 2 aromatic rings. The maximum Gasteiger partial charge on any atom is 0.234 e. The second kappa shape index (κ2) is 7.68. The molecule has 0 aliphatic rings. The number of nitrogens with zero attached hydrogens (tertiary/aromatic N) is 1. The SMILES string of the molecule is Cc1cccc(C(C)C)c1NC(=O)CSCc1c(C)noc1C. The van der Waals surface area contributed by atoms with Crippen molar-refractivity contribution < 1.29 is 9.32 Å². The summed E-state index contributed by atoms with van der Waals surface area (Å²) >= 11 is 1.57. The number of carbonyl (C=O) groups excluding carboxylic acids is 1. The van der Waals surface area contributed by atoms with E-state index in [0.717, 1.165) is 34.0 Å². The maximum absolute atomic E-state index is 12.3. The summed E-state index contributed by atoms with van der Waals surface area (Å²) in [7, 11) is 0. The van der Waals surface area contributed by atoms with Crippen LogP contribution in [0.3, 0.4) is 0 Å². The summed E-state index contributed by atoms with van der Waals surface area (Å²) in [5.74, 6) is 2.38. The smallest absolute Gasteiger partial charge is 0.234 e. The van der Waals surface area contributed by atoms with Crippen molar-refractivity contribution in [3.63, 3.8) is 0 Å². The summed E-state index contributed by atoms with van der Waals surface area (Å²) in [4.78, 5) is 12.3. The third-order valence-corrected chi connectivity index (χ3v) is 4.81. The van der Waals surface area contributed by atoms with E-state index < -0.39 is 0 Å². The molecule has 23 heavy (non-hydrogen) atoms. The van der Waals surface area contributed by atoms with E-state index in [2.05, 4.69) is 30.4 Å². The Hall–Kier alpha value is -1.75. The van der Waals surface area contributed by atoms with E-state index in [9.17, 15) is 4.79 Å². The number of benzene rings is 1. The first-order valence-electron chi connectivity index (χ1n) is 7.79. The Bertz CT molecular complexity index is 673. The van der Waals surface area contributed by atoms with Gasteiger partial charge < -0.3 is 9.84 Å². The van der Waals surface area contributed by atoms with E-state index in [-0.39, 0.29) is 5.91 Å². The van der Waals surface area contributed by atoms with Crippen LogP contribution < -0.4 is 5.32 Å². The van der Waals surface area contributed by atoms with Gasteiger partial charge in [-0.1, -0.05) is 37.2 Å². The van der Waals surface area contributed by atoms with Gasteiger partial charge in [0.15, 0.2) is 0 Å². The molecular weight excluding hydrogens is 308 g/mol. The van der Waals surface area contributed by atoms with Crippen molar-refractivity contribution in [1.29, 1.82) is 0 Å². The zero-order valence-corrected chi connectivity index (χ0v) is 15.2. The highest BCUT2D eigenvalue weighted by molar-refractivity contribution is 7.99. The van der Waals surface area contributed by atoms with E-state index in [1.54, 1.807) is 11.8 Å². The molecule has 1 aromatic heterocycles. The number of hydrogen-bond acceptors (Lipinski definition) is 4. The predicted octanol–water partition coefficient (Wildman–Crippen LogP) is 4.60. The lowest BCUT2D eigenvalue weighted by Crippen LogP contribution is -2.16. The zero-order chi connectivity index (χ0) is 17.0. The minimum Gasteiger partial charge on any atom is -0.361 e. The van der Waals surface area contributed by atoms with Crippen molar-refractivity contribution in [3.05, 3.63) is 46.3 Å². The molecule has 0 aliphatic heterocycles.